The molecule has 0 bridgehead atoms. The van der Waals surface area contributed by atoms with Crippen molar-refractivity contribution in [2.45, 2.75) is 41.0 Å². The Hall–Kier alpha value is -2.76. The Labute approximate surface area is 210 Å². The van der Waals surface area contributed by atoms with E-state index in [0.29, 0.717) is 10.7 Å². The molecule has 2 aliphatic rings. The third kappa shape index (κ3) is 5.12. The maximum Gasteiger partial charge on any atom is 0.184 e. The van der Waals surface area contributed by atoms with Crippen molar-refractivity contribution in [2.24, 2.45) is 5.11 Å². The largest absolute Gasteiger partial charge is 0.377 e. The van der Waals surface area contributed by atoms with Crippen molar-refractivity contribution >= 4 is 23.4 Å². The summed E-state index contributed by atoms with van der Waals surface area (Å²) < 4.78 is 24.4. The van der Waals surface area contributed by atoms with Crippen LogP contribution in [0.5, 0.6) is 0 Å². The van der Waals surface area contributed by atoms with Gasteiger partial charge in [0.2, 0.25) is 0 Å². The van der Waals surface area contributed by atoms with Crippen LogP contribution in [0.25, 0.3) is 21.7 Å². The third-order valence-corrected chi connectivity index (χ3v) is 7.12. The normalized spacial score (nSPS) is 28.1. The SMILES string of the molecule is COC1C(N=[N+]=[N-])[C@H]2OC(c3ccccc3)OCC2O[C@@H]1Sc1cc(Cl)cnc1-c1cncnc1. The van der Waals surface area contributed by atoms with Crippen molar-refractivity contribution in [3.63, 3.8) is 0 Å². The van der Waals surface area contributed by atoms with Gasteiger partial charge in [0.15, 0.2) is 6.29 Å². The number of hydrogen-bond donors (Lipinski definition) is 0. The van der Waals surface area contributed by atoms with Crippen LogP contribution in [0.4, 0.5) is 0 Å². The molecular weight excluding hydrogens is 492 g/mol. The number of azide groups is 1. The molecule has 2 saturated heterocycles. The molecule has 0 saturated carbocycles. The topological polar surface area (TPSA) is 124 Å². The van der Waals surface area contributed by atoms with Crippen molar-refractivity contribution in [2.75, 3.05) is 13.7 Å². The van der Waals surface area contributed by atoms with Gasteiger partial charge in [-0.15, -0.1) is 0 Å². The van der Waals surface area contributed by atoms with Gasteiger partial charge in [0, 0.05) is 46.6 Å². The van der Waals surface area contributed by atoms with Gasteiger partial charge in [-0.1, -0.05) is 58.8 Å². The molecule has 0 radical (unpaired) electrons. The fourth-order valence-corrected chi connectivity index (χ4v) is 5.71. The van der Waals surface area contributed by atoms with Gasteiger partial charge in [0.05, 0.1) is 23.4 Å². The van der Waals surface area contributed by atoms with Gasteiger partial charge in [-0.25, -0.2) is 9.97 Å². The zero-order chi connectivity index (χ0) is 24.2. The van der Waals surface area contributed by atoms with E-state index in [-0.39, 0.29) is 6.61 Å². The van der Waals surface area contributed by atoms with Gasteiger partial charge in [-0.2, -0.15) is 0 Å². The highest BCUT2D eigenvalue weighted by Gasteiger charge is 2.50. The second-order valence-corrected chi connectivity index (χ2v) is 9.44. The van der Waals surface area contributed by atoms with Crippen LogP contribution in [0.15, 0.2) is 71.3 Å². The molecule has 35 heavy (non-hydrogen) atoms. The van der Waals surface area contributed by atoms with Crippen LogP contribution in [0.1, 0.15) is 11.9 Å². The molecule has 4 heterocycles. The Kier molecular flexibility index (Phi) is 7.45. The van der Waals surface area contributed by atoms with Crippen molar-refractivity contribution in [3.8, 4) is 11.3 Å². The second kappa shape index (κ2) is 10.9. The molecule has 180 valence electrons. The lowest BCUT2D eigenvalue weighted by atomic mass is 9.96. The number of ether oxygens (including phenoxy) is 4. The summed E-state index contributed by atoms with van der Waals surface area (Å²) in [6.07, 6.45) is 4.15. The number of rotatable bonds is 6. The number of thioether (sulfide) groups is 1. The molecule has 4 unspecified atom stereocenters. The summed E-state index contributed by atoms with van der Waals surface area (Å²) >= 11 is 7.64. The number of hydrogen-bond acceptors (Lipinski definition) is 9. The highest BCUT2D eigenvalue weighted by Crippen LogP contribution is 2.43. The lowest BCUT2D eigenvalue weighted by Gasteiger charge is -2.47. The standard InChI is InChI=1S/C23H21ClN6O4S/c1-31-21-19(29-30-25)20-16(11-32-22(34-20)13-5-3-2-4-6-13)33-23(21)35-17-7-15(24)10-28-18(17)14-8-26-12-27-9-14/h2-10,12,16,19-23H,11H2,1H3/t16?,19?,20-,21?,22?,23+/m0/s1. The summed E-state index contributed by atoms with van der Waals surface area (Å²) in [4.78, 5) is 16.5. The lowest BCUT2D eigenvalue weighted by molar-refractivity contribution is -0.298. The van der Waals surface area contributed by atoms with E-state index in [9.17, 15) is 5.53 Å². The van der Waals surface area contributed by atoms with Crippen LogP contribution in [-0.4, -0.2) is 58.5 Å². The predicted molar refractivity (Wildman–Crippen MR) is 129 cm³/mol. The van der Waals surface area contributed by atoms with E-state index >= 15 is 0 Å². The molecule has 6 atom stereocenters. The van der Waals surface area contributed by atoms with E-state index in [4.69, 9.17) is 30.5 Å². The number of methoxy groups -OCH3 is 1. The number of pyridine rings is 1. The molecule has 0 N–H and O–H groups in total. The zero-order valence-corrected chi connectivity index (χ0v) is 20.1. The Morgan fingerprint density at radius 1 is 1.17 bits per heavy atom. The average Bonchev–Trinajstić information content (AvgIpc) is 2.90. The van der Waals surface area contributed by atoms with Gasteiger partial charge in [-0.3, -0.25) is 4.98 Å². The highest BCUT2D eigenvalue weighted by molar-refractivity contribution is 8.00. The van der Waals surface area contributed by atoms with E-state index in [2.05, 4.69) is 25.0 Å². The van der Waals surface area contributed by atoms with Gasteiger partial charge >= 0.3 is 0 Å². The molecule has 2 aromatic heterocycles. The van der Waals surface area contributed by atoms with Crippen molar-refractivity contribution in [3.05, 3.63) is 82.3 Å². The van der Waals surface area contributed by atoms with Crippen LogP contribution in [-0.2, 0) is 18.9 Å². The highest BCUT2D eigenvalue weighted by atomic mass is 35.5. The van der Waals surface area contributed by atoms with E-state index < -0.39 is 36.1 Å². The van der Waals surface area contributed by atoms with Gasteiger partial charge < -0.3 is 18.9 Å². The molecule has 5 rings (SSSR count). The predicted octanol–water partition coefficient (Wildman–Crippen LogP) is 4.82. The molecule has 2 fully saturated rings. The van der Waals surface area contributed by atoms with Gasteiger partial charge in [-0.05, 0) is 11.6 Å². The monoisotopic (exact) mass is 512 g/mol. The third-order valence-electron chi connectivity index (χ3n) is 5.73. The maximum absolute atomic E-state index is 9.34. The van der Waals surface area contributed by atoms with Crippen LogP contribution in [0.2, 0.25) is 5.02 Å². The van der Waals surface area contributed by atoms with Crippen LogP contribution >= 0.6 is 23.4 Å². The van der Waals surface area contributed by atoms with Crippen LogP contribution in [0, 0.1) is 0 Å². The lowest BCUT2D eigenvalue weighted by Crippen LogP contribution is -2.60. The van der Waals surface area contributed by atoms with E-state index in [1.165, 1.54) is 18.1 Å². The first kappa shape index (κ1) is 24.0. The summed E-state index contributed by atoms with van der Waals surface area (Å²) in [5, 5.41) is 4.53. The number of fused-ring (bicyclic) bond motifs is 1. The fourth-order valence-electron chi connectivity index (χ4n) is 4.16. The minimum absolute atomic E-state index is 0.266. The maximum atomic E-state index is 9.34. The molecule has 12 heteroatoms. The minimum atomic E-state index is -0.646. The first-order valence-corrected chi connectivity index (χ1v) is 12.1. The first-order chi connectivity index (χ1) is 17.2. The van der Waals surface area contributed by atoms with E-state index in [0.717, 1.165) is 16.0 Å². The number of halogens is 1. The summed E-state index contributed by atoms with van der Waals surface area (Å²) in [7, 11) is 1.55. The van der Waals surface area contributed by atoms with Gasteiger partial charge in [0.25, 0.3) is 0 Å². The summed E-state index contributed by atoms with van der Waals surface area (Å²) in [6.45, 7) is 0.266. The summed E-state index contributed by atoms with van der Waals surface area (Å²) in [6, 6.07) is 10.7. The van der Waals surface area contributed by atoms with Crippen LogP contribution < -0.4 is 0 Å². The summed E-state index contributed by atoms with van der Waals surface area (Å²) in [5.74, 6) is 0. The minimum Gasteiger partial charge on any atom is -0.377 e. The molecule has 2 aliphatic heterocycles. The number of aromatic nitrogens is 3. The van der Waals surface area contributed by atoms with Crippen molar-refractivity contribution in [1.29, 1.82) is 0 Å². The Morgan fingerprint density at radius 3 is 2.71 bits per heavy atom. The number of nitrogens with zero attached hydrogens (tertiary/aromatic N) is 6. The Morgan fingerprint density at radius 2 is 1.97 bits per heavy atom. The van der Waals surface area contributed by atoms with E-state index in [1.54, 1.807) is 31.8 Å². The molecule has 0 amide bonds. The molecule has 0 aliphatic carbocycles. The first-order valence-electron chi connectivity index (χ1n) is 10.8. The van der Waals surface area contributed by atoms with Gasteiger partial charge in [0.1, 0.15) is 30.1 Å². The Bertz CT molecular complexity index is 1200. The molecule has 3 aromatic rings. The zero-order valence-electron chi connectivity index (χ0n) is 18.5. The summed E-state index contributed by atoms with van der Waals surface area (Å²) in [5.41, 5.74) is 11.0. The fraction of sp³-hybridized carbons (Fsp3) is 0.348. The molecule has 0 spiro atoms. The van der Waals surface area contributed by atoms with E-state index in [1.807, 2.05) is 30.3 Å². The molecule has 1 aromatic carbocycles. The molecule has 10 nitrogen and oxygen atoms in total. The molecular formula is C23H21ClN6O4S. The van der Waals surface area contributed by atoms with Crippen LogP contribution in [0.3, 0.4) is 0 Å². The number of benzene rings is 1. The quantitative estimate of drug-likeness (QED) is 0.261. The Balaban J connectivity index is 1.44. The average molecular weight is 513 g/mol. The smallest absolute Gasteiger partial charge is 0.184 e. The van der Waals surface area contributed by atoms with Crippen molar-refractivity contribution < 1.29 is 18.9 Å². The van der Waals surface area contributed by atoms with Crippen molar-refractivity contribution in [1.82, 2.24) is 15.0 Å². The second-order valence-electron chi connectivity index (χ2n) is 7.86.